The maximum Gasteiger partial charge on any atom is 0.218 e. The van der Waals surface area contributed by atoms with Crippen LogP contribution in [0.15, 0.2) is 24.3 Å². The van der Waals surface area contributed by atoms with Crippen molar-refractivity contribution in [2.75, 3.05) is 19.8 Å². The van der Waals surface area contributed by atoms with Crippen molar-refractivity contribution in [3.8, 4) is 0 Å². The van der Waals surface area contributed by atoms with Crippen molar-refractivity contribution in [2.24, 2.45) is 5.73 Å². The monoisotopic (exact) mass is 328 g/mol. The maximum atomic E-state index is 12.6. The molecular weight excluding hydrogens is 308 g/mol. The molecule has 1 aromatic rings. The lowest BCUT2D eigenvalue weighted by atomic mass is 10.1. The number of hydrogen-bond donors (Lipinski definition) is 1. The zero-order chi connectivity index (χ0) is 15.5. The Hall–Kier alpha value is -1.02. The normalized spacial score (nSPS) is 20.3. The lowest BCUT2D eigenvalue weighted by Crippen LogP contribution is -2.48. The molecule has 2 rings (SSSR count). The fourth-order valence-electron chi connectivity index (χ4n) is 2.39. The summed E-state index contributed by atoms with van der Waals surface area (Å²) >= 11 is 4.89. The fourth-order valence-corrected chi connectivity index (χ4v) is 4.32. The van der Waals surface area contributed by atoms with Gasteiger partial charge in [-0.25, -0.2) is 8.42 Å². The number of ether oxygens (including phenoxy) is 1. The Kier molecular flexibility index (Phi) is 5.32. The fraction of sp³-hybridized carbons (Fsp3) is 0.500. The van der Waals surface area contributed by atoms with Crippen LogP contribution in [0.25, 0.3) is 0 Å². The van der Waals surface area contributed by atoms with Crippen molar-refractivity contribution < 1.29 is 13.2 Å². The van der Waals surface area contributed by atoms with Crippen LogP contribution in [0.1, 0.15) is 24.5 Å². The van der Waals surface area contributed by atoms with Crippen molar-refractivity contribution in [1.82, 2.24) is 4.31 Å². The minimum Gasteiger partial charge on any atom is -0.389 e. The summed E-state index contributed by atoms with van der Waals surface area (Å²) in [7, 11) is -3.34. The zero-order valence-electron chi connectivity index (χ0n) is 12.0. The van der Waals surface area contributed by atoms with Crippen LogP contribution in [0.4, 0.5) is 0 Å². The van der Waals surface area contributed by atoms with Crippen LogP contribution >= 0.6 is 12.2 Å². The molecule has 21 heavy (non-hydrogen) atoms. The Bertz CT molecular complexity index is 599. The summed E-state index contributed by atoms with van der Waals surface area (Å²) in [5.74, 6) is -0.0128. The molecule has 0 aromatic heterocycles. The molecule has 1 unspecified atom stereocenters. The number of nitrogens with two attached hydrogens (primary N) is 1. The second-order valence-electron chi connectivity index (χ2n) is 5.07. The summed E-state index contributed by atoms with van der Waals surface area (Å²) in [4.78, 5) is 0.309. The summed E-state index contributed by atoms with van der Waals surface area (Å²) in [6.07, 6.45) is 0.750. The lowest BCUT2D eigenvalue weighted by Gasteiger charge is -2.34. The highest BCUT2D eigenvalue weighted by atomic mass is 32.2. The number of sulfonamides is 1. The van der Waals surface area contributed by atoms with Gasteiger partial charge in [-0.3, -0.25) is 0 Å². The second kappa shape index (κ2) is 6.83. The van der Waals surface area contributed by atoms with Gasteiger partial charge in [-0.1, -0.05) is 43.4 Å². The Morgan fingerprint density at radius 2 is 2.10 bits per heavy atom. The van der Waals surface area contributed by atoms with E-state index >= 15 is 0 Å². The van der Waals surface area contributed by atoms with E-state index in [1.165, 1.54) is 0 Å². The first-order valence-electron chi connectivity index (χ1n) is 6.90. The lowest BCUT2D eigenvalue weighted by molar-refractivity contribution is 0.0313. The Labute approximate surface area is 131 Å². The van der Waals surface area contributed by atoms with Gasteiger partial charge < -0.3 is 10.5 Å². The van der Waals surface area contributed by atoms with E-state index < -0.39 is 10.0 Å². The second-order valence-corrected chi connectivity index (χ2v) is 7.43. The van der Waals surface area contributed by atoms with Gasteiger partial charge in [-0.05, 0) is 12.0 Å². The molecule has 1 aromatic carbocycles. The van der Waals surface area contributed by atoms with Gasteiger partial charge in [0.1, 0.15) is 4.99 Å². The van der Waals surface area contributed by atoms with E-state index in [1.54, 1.807) is 28.6 Å². The van der Waals surface area contributed by atoms with Gasteiger partial charge in [0.15, 0.2) is 0 Å². The molecule has 0 aliphatic carbocycles. The van der Waals surface area contributed by atoms with E-state index in [0.29, 0.717) is 24.7 Å². The van der Waals surface area contributed by atoms with Crippen LogP contribution in [0.5, 0.6) is 0 Å². The van der Waals surface area contributed by atoms with E-state index in [4.69, 9.17) is 22.7 Å². The maximum absolute atomic E-state index is 12.6. The van der Waals surface area contributed by atoms with Crippen LogP contribution in [0.2, 0.25) is 0 Å². The summed E-state index contributed by atoms with van der Waals surface area (Å²) < 4.78 is 32.0. The summed E-state index contributed by atoms with van der Waals surface area (Å²) in [5, 5.41) is 0. The minimum absolute atomic E-state index is 0.0128. The Morgan fingerprint density at radius 3 is 2.67 bits per heavy atom. The molecule has 0 bridgehead atoms. The molecule has 1 aliphatic heterocycles. The third-order valence-electron chi connectivity index (χ3n) is 3.59. The van der Waals surface area contributed by atoms with Gasteiger partial charge in [-0.15, -0.1) is 0 Å². The molecule has 1 aliphatic rings. The molecule has 1 atom stereocenters. The number of rotatable bonds is 5. The molecule has 0 spiro atoms. The smallest absolute Gasteiger partial charge is 0.218 e. The Balaban J connectivity index is 2.14. The van der Waals surface area contributed by atoms with Gasteiger partial charge in [0.05, 0.1) is 19.0 Å². The van der Waals surface area contributed by atoms with Crippen molar-refractivity contribution in [1.29, 1.82) is 0 Å². The largest absolute Gasteiger partial charge is 0.389 e. The highest BCUT2D eigenvalue weighted by molar-refractivity contribution is 7.88. The summed E-state index contributed by atoms with van der Waals surface area (Å²) in [5.41, 5.74) is 7.01. The topological polar surface area (TPSA) is 72.6 Å². The highest BCUT2D eigenvalue weighted by Crippen LogP contribution is 2.19. The number of morpholine rings is 1. The van der Waals surface area contributed by atoms with E-state index in [1.807, 2.05) is 6.92 Å². The van der Waals surface area contributed by atoms with Crippen LogP contribution in [0.3, 0.4) is 0 Å². The van der Waals surface area contributed by atoms with Crippen LogP contribution in [-0.4, -0.2) is 43.5 Å². The first-order chi connectivity index (χ1) is 9.94. The average molecular weight is 328 g/mol. The molecule has 1 saturated heterocycles. The number of benzene rings is 1. The molecule has 0 amide bonds. The SMILES string of the molecule is CCC1COCCN1S(=O)(=O)Cc1ccc(C(N)=S)cc1. The van der Waals surface area contributed by atoms with Gasteiger partial charge in [0.25, 0.3) is 0 Å². The van der Waals surface area contributed by atoms with Gasteiger partial charge in [-0.2, -0.15) is 4.31 Å². The quantitative estimate of drug-likeness (QED) is 0.824. The van der Waals surface area contributed by atoms with Gasteiger partial charge >= 0.3 is 0 Å². The molecule has 116 valence electrons. The van der Waals surface area contributed by atoms with Crippen LogP contribution in [0, 0.1) is 0 Å². The summed E-state index contributed by atoms with van der Waals surface area (Å²) in [6, 6.07) is 6.95. The van der Waals surface area contributed by atoms with Crippen molar-refractivity contribution in [2.45, 2.75) is 25.1 Å². The van der Waals surface area contributed by atoms with E-state index in [0.717, 1.165) is 17.5 Å². The molecule has 0 radical (unpaired) electrons. The molecule has 1 fully saturated rings. The van der Waals surface area contributed by atoms with Crippen molar-refractivity contribution in [3.63, 3.8) is 0 Å². The van der Waals surface area contributed by atoms with E-state index in [2.05, 4.69) is 0 Å². The first kappa shape index (κ1) is 16.4. The number of hydrogen-bond acceptors (Lipinski definition) is 4. The molecular formula is C14H20N2O3S2. The zero-order valence-corrected chi connectivity index (χ0v) is 13.6. The number of thiocarbonyl (C=S) groups is 1. The average Bonchev–Trinajstić information content (AvgIpc) is 2.47. The van der Waals surface area contributed by atoms with Gasteiger partial charge in [0.2, 0.25) is 10.0 Å². The van der Waals surface area contributed by atoms with Crippen molar-refractivity contribution >= 4 is 27.2 Å². The van der Waals surface area contributed by atoms with E-state index in [9.17, 15) is 8.42 Å². The van der Waals surface area contributed by atoms with Crippen LogP contribution < -0.4 is 5.73 Å². The third kappa shape index (κ3) is 4.00. The predicted octanol–water partition coefficient (Wildman–Crippen LogP) is 1.26. The Morgan fingerprint density at radius 1 is 1.43 bits per heavy atom. The molecule has 0 saturated carbocycles. The summed E-state index contributed by atoms with van der Waals surface area (Å²) in [6.45, 7) is 3.32. The third-order valence-corrected chi connectivity index (χ3v) is 5.72. The minimum atomic E-state index is -3.34. The van der Waals surface area contributed by atoms with Gasteiger partial charge in [0, 0.05) is 18.2 Å². The van der Waals surface area contributed by atoms with Crippen LogP contribution in [-0.2, 0) is 20.5 Å². The molecule has 2 N–H and O–H groups in total. The standard InChI is InChI=1S/C14H20N2O3S2/c1-2-13-9-19-8-7-16(13)21(17,18)10-11-3-5-12(6-4-11)14(15)20/h3-6,13H,2,7-10H2,1H3,(H2,15,20). The first-order valence-corrected chi connectivity index (χ1v) is 8.92. The number of nitrogens with zero attached hydrogens (tertiary/aromatic N) is 1. The van der Waals surface area contributed by atoms with Crippen molar-refractivity contribution in [3.05, 3.63) is 35.4 Å². The molecule has 5 nitrogen and oxygen atoms in total. The van der Waals surface area contributed by atoms with E-state index in [-0.39, 0.29) is 11.8 Å². The highest BCUT2D eigenvalue weighted by Gasteiger charge is 2.31. The molecule has 1 heterocycles. The molecule has 7 heteroatoms. The predicted molar refractivity (Wildman–Crippen MR) is 86.6 cm³/mol.